The van der Waals surface area contributed by atoms with Gasteiger partial charge in [-0.15, -0.1) is 0 Å². The Morgan fingerprint density at radius 1 is 0.975 bits per heavy atom. The Bertz CT molecular complexity index is 1320. The molecule has 1 amide bonds. The monoisotopic (exact) mass is 552 g/mol. The number of aliphatic hydroxyl groups excluding tert-OH is 1. The minimum Gasteiger partial charge on any atom is -0.490 e. The van der Waals surface area contributed by atoms with Crippen molar-refractivity contribution < 1.29 is 33.0 Å². The number of amides is 1. The summed E-state index contributed by atoms with van der Waals surface area (Å²) >= 11 is 0. The Morgan fingerprint density at radius 3 is 2.15 bits per heavy atom. The molecule has 0 saturated carbocycles. The van der Waals surface area contributed by atoms with E-state index in [1.807, 2.05) is 0 Å². The zero-order valence-corrected chi connectivity index (χ0v) is 22.8. The second kappa shape index (κ2) is 13.0. The third kappa shape index (κ3) is 7.03. The van der Waals surface area contributed by atoms with Crippen LogP contribution >= 0.6 is 0 Å². The summed E-state index contributed by atoms with van der Waals surface area (Å²) in [5, 5.41) is 14.0. The van der Waals surface area contributed by atoms with Crippen LogP contribution in [0, 0.1) is 11.6 Å². The van der Waals surface area contributed by atoms with Gasteiger partial charge in [0.05, 0.1) is 19.3 Å². The van der Waals surface area contributed by atoms with E-state index in [4.69, 9.17) is 9.47 Å². The Kier molecular flexibility index (Phi) is 9.50. The molecule has 2 atom stereocenters. The number of ketones is 1. The highest BCUT2D eigenvalue weighted by atomic mass is 19.1. The highest BCUT2D eigenvalue weighted by molar-refractivity contribution is 6.42. The van der Waals surface area contributed by atoms with Crippen molar-refractivity contribution >= 4 is 11.7 Å². The van der Waals surface area contributed by atoms with Crippen molar-refractivity contribution in [3.8, 4) is 22.6 Å². The smallest absolute Gasteiger partial charge is 0.292 e. The zero-order valence-electron chi connectivity index (χ0n) is 22.8. The van der Waals surface area contributed by atoms with Crippen molar-refractivity contribution in [1.29, 1.82) is 0 Å². The molecule has 212 valence electrons. The fourth-order valence-electron chi connectivity index (χ4n) is 4.82. The Labute approximate surface area is 232 Å². The van der Waals surface area contributed by atoms with E-state index >= 15 is 0 Å². The molecule has 1 saturated heterocycles. The van der Waals surface area contributed by atoms with Crippen LogP contribution in [0.3, 0.4) is 0 Å². The van der Waals surface area contributed by atoms with Crippen LogP contribution in [-0.4, -0.2) is 60.6 Å². The lowest BCUT2D eigenvalue weighted by Crippen LogP contribution is -2.48. The average molecular weight is 553 g/mol. The van der Waals surface area contributed by atoms with Gasteiger partial charge in [0.15, 0.2) is 17.3 Å². The van der Waals surface area contributed by atoms with Crippen LogP contribution in [-0.2, 0) is 4.79 Å². The largest absolute Gasteiger partial charge is 0.490 e. The van der Waals surface area contributed by atoms with Crippen LogP contribution < -0.4 is 14.8 Å². The summed E-state index contributed by atoms with van der Waals surface area (Å²) in [6, 6.07) is 14.1. The molecule has 40 heavy (non-hydrogen) atoms. The molecule has 9 heteroatoms. The molecule has 3 aromatic carbocycles. The Balaban J connectivity index is 1.55. The predicted molar refractivity (Wildman–Crippen MR) is 147 cm³/mol. The number of likely N-dealkylation sites (tertiary alicyclic amines) is 1. The number of benzene rings is 3. The number of carbonyl (C=O) groups is 2. The number of nitrogens with zero attached hydrogens (tertiary/aromatic N) is 1. The lowest BCUT2D eigenvalue weighted by Gasteiger charge is -2.29. The number of aliphatic hydroxyl groups is 1. The third-order valence-corrected chi connectivity index (χ3v) is 6.82. The quantitative estimate of drug-likeness (QED) is 0.259. The highest BCUT2D eigenvalue weighted by Gasteiger charge is 2.30. The van der Waals surface area contributed by atoms with E-state index in [2.05, 4.69) is 10.2 Å². The molecule has 1 fully saturated rings. The number of rotatable bonds is 11. The summed E-state index contributed by atoms with van der Waals surface area (Å²) in [6.45, 7) is 5.42. The van der Waals surface area contributed by atoms with Crippen molar-refractivity contribution in [1.82, 2.24) is 10.2 Å². The molecule has 4 rings (SSSR count). The van der Waals surface area contributed by atoms with Crippen LogP contribution in [0.5, 0.6) is 11.5 Å². The number of hydrogen-bond acceptors (Lipinski definition) is 6. The zero-order chi connectivity index (χ0) is 28.8. The summed E-state index contributed by atoms with van der Waals surface area (Å²) in [5.41, 5.74) is 1.89. The minimum absolute atomic E-state index is 0.0796. The Hall–Kier alpha value is -3.82. The van der Waals surface area contributed by atoms with Crippen LogP contribution in [0.4, 0.5) is 8.78 Å². The number of hydrogen-bond donors (Lipinski definition) is 2. The van der Waals surface area contributed by atoms with Crippen molar-refractivity contribution in [3.63, 3.8) is 0 Å². The first-order valence-corrected chi connectivity index (χ1v) is 13.3. The number of methoxy groups -OCH3 is 1. The first kappa shape index (κ1) is 29.2. The summed E-state index contributed by atoms with van der Waals surface area (Å²) in [4.78, 5) is 28.2. The molecule has 1 heterocycles. The van der Waals surface area contributed by atoms with Gasteiger partial charge in [-0.05, 0) is 80.7 Å². The number of halogens is 2. The lowest BCUT2D eigenvalue weighted by molar-refractivity contribution is -0.118. The molecule has 0 unspecified atom stereocenters. The molecule has 3 aromatic rings. The van der Waals surface area contributed by atoms with Gasteiger partial charge in [-0.1, -0.05) is 36.4 Å². The lowest BCUT2D eigenvalue weighted by atomic mass is 9.99. The predicted octanol–water partition coefficient (Wildman–Crippen LogP) is 4.92. The molecule has 0 bridgehead atoms. The summed E-state index contributed by atoms with van der Waals surface area (Å²) in [5.74, 6) is -2.66. The first-order valence-electron chi connectivity index (χ1n) is 13.3. The molecule has 0 aliphatic carbocycles. The van der Waals surface area contributed by atoms with Crippen LogP contribution in [0.1, 0.15) is 48.7 Å². The van der Waals surface area contributed by atoms with Crippen molar-refractivity contribution in [2.24, 2.45) is 0 Å². The normalized spacial score (nSPS) is 15.1. The molecular weight excluding hydrogens is 518 g/mol. The molecular formula is C31H34F2N2O5. The number of Topliss-reactive ketones (excluding diaryl/α,β-unsaturated/α-hetero) is 1. The third-order valence-electron chi connectivity index (χ3n) is 6.82. The maximum atomic E-state index is 14.9. The van der Waals surface area contributed by atoms with Crippen LogP contribution in [0.25, 0.3) is 11.1 Å². The van der Waals surface area contributed by atoms with Gasteiger partial charge in [0.1, 0.15) is 11.9 Å². The maximum absolute atomic E-state index is 14.9. The van der Waals surface area contributed by atoms with E-state index in [0.717, 1.165) is 43.1 Å². The fraction of sp³-hybridized carbons (Fsp3) is 0.355. The van der Waals surface area contributed by atoms with Crippen molar-refractivity contribution in [3.05, 3.63) is 83.4 Å². The van der Waals surface area contributed by atoms with Gasteiger partial charge in [-0.25, -0.2) is 8.78 Å². The topological polar surface area (TPSA) is 88.1 Å². The van der Waals surface area contributed by atoms with E-state index in [1.54, 1.807) is 38.1 Å². The van der Waals surface area contributed by atoms with Gasteiger partial charge in [-0.2, -0.15) is 0 Å². The average Bonchev–Trinajstić information content (AvgIpc) is 3.45. The molecule has 7 nitrogen and oxygen atoms in total. The molecule has 1 aliphatic rings. The second-order valence-electron chi connectivity index (χ2n) is 10.1. The van der Waals surface area contributed by atoms with Crippen LogP contribution in [0.2, 0.25) is 0 Å². The van der Waals surface area contributed by atoms with Gasteiger partial charge >= 0.3 is 0 Å². The number of carbonyl (C=O) groups excluding carboxylic acids is 2. The fourth-order valence-corrected chi connectivity index (χ4v) is 4.82. The second-order valence-corrected chi connectivity index (χ2v) is 10.1. The van der Waals surface area contributed by atoms with E-state index in [0.29, 0.717) is 0 Å². The number of ether oxygens (including phenoxy) is 2. The van der Waals surface area contributed by atoms with E-state index in [9.17, 15) is 23.5 Å². The van der Waals surface area contributed by atoms with Crippen LogP contribution in [0.15, 0.2) is 60.7 Å². The van der Waals surface area contributed by atoms with E-state index < -0.39 is 29.7 Å². The molecule has 0 aromatic heterocycles. The van der Waals surface area contributed by atoms with Gasteiger partial charge in [0.25, 0.3) is 5.91 Å². The maximum Gasteiger partial charge on any atom is 0.292 e. The molecule has 2 N–H and O–H groups in total. The molecule has 1 aliphatic heterocycles. The summed E-state index contributed by atoms with van der Waals surface area (Å²) < 4.78 is 39.0. The first-order chi connectivity index (χ1) is 19.2. The van der Waals surface area contributed by atoms with Gasteiger partial charge in [0, 0.05) is 12.1 Å². The van der Waals surface area contributed by atoms with Gasteiger partial charge in [0.2, 0.25) is 5.78 Å². The number of nitrogens with one attached hydrogen (secondary N) is 1. The van der Waals surface area contributed by atoms with E-state index in [-0.39, 0.29) is 41.1 Å². The Morgan fingerprint density at radius 2 is 1.57 bits per heavy atom. The van der Waals surface area contributed by atoms with Gasteiger partial charge < -0.3 is 24.8 Å². The summed E-state index contributed by atoms with van der Waals surface area (Å²) in [6.07, 6.45) is 0.375. The standard InChI is InChI=1S/C31H34F2N2O5/c1-19(2)40-27-17-23(16-25(33)30(27)39-3)28(36)26(18-35-14-4-5-15-35)34-31(38)29(37)22-8-6-20(7-9-22)21-10-12-24(32)13-11-21/h6-13,16-17,19,26,28,36H,4-5,14-15,18H2,1-3H3,(H,34,38)/t26-,28-/m1/s1. The van der Waals surface area contributed by atoms with E-state index in [1.165, 1.54) is 37.4 Å². The van der Waals surface area contributed by atoms with Gasteiger partial charge in [-0.3, -0.25) is 9.59 Å². The molecule has 0 spiro atoms. The molecule has 0 radical (unpaired) electrons. The van der Waals surface area contributed by atoms with Crippen molar-refractivity contribution in [2.75, 3.05) is 26.7 Å². The van der Waals surface area contributed by atoms with Crippen molar-refractivity contribution in [2.45, 2.75) is 44.9 Å². The SMILES string of the molecule is COc1c(F)cc([C@@H](O)[C@@H](CN2CCCC2)NC(=O)C(=O)c2ccc(-c3ccc(F)cc3)cc2)cc1OC(C)C. The highest BCUT2D eigenvalue weighted by Crippen LogP contribution is 2.35. The summed E-state index contributed by atoms with van der Waals surface area (Å²) in [7, 11) is 1.33. The minimum atomic E-state index is -1.33.